The first-order chi connectivity index (χ1) is 13.0. The summed E-state index contributed by atoms with van der Waals surface area (Å²) in [6.45, 7) is 5.39. The molecule has 136 valence electrons. The quantitative estimate of drug-likeness (QED) is 0.571. The van der Waals surface area contributed by atoms with E-state index < -0.39 is 11.3 Å². The predicted molar refractivity (Wildman–Crippen MR) is 106 cm³/mol. The number of imidazole rings is 1. The van der Waals surface area contributed by atoms with E-state index in [4.69, 9.17) is 0 Å². The second-order valence-corrected chi connectivity index (χ2v) is 7.12. The van der Waals surface area contributed by atoms with Gasteiger partial charge in [-0.05, 0) is 20.8 Å². The molecule has 8 heteroatoms. The van der Waals surface area contributed by atoms with E-state index in [0.717, 1.165) is 17.0 Å². The molecule has 4 rings (SSSR count). The van der Waals surface area contributed by atoms with Crippen molar-refractivity contribution in [3.8, 4) is 11.3 Å². The molecule has 0 saturated carbocycles. The molecule has 0 fully saturated rings. The number of thiazole rings is 1. The van der Waals surface area contributed by atoms with E-state index in [1.807, 2.05) is 49.6 Å². The first-order valence-corrected chi connectivity index (χ1v) is 9.24. The number of aromatic amines is 1. The minimum Gasteiger partial charge on any atom is -0.298 e. The molecule has 3 aromatic heterocycles. The zero-order valence-corrected chi connectivity index (χ0v) is 15.8. The van der Waals surface area contributed by atoms with Crippen LogP contribution in [0.1, 0.15) is 27.4 Å². The Balaban J connectivity index is 1.85. The van der Waals surface area contributed by atoms with Gasteiger partial charge in [0, 0.05) is 16.6 Å². The molecule has 3 heterocycles. The van der Waals surface area contributed by atoms with Crippen LogP contribution in [0, 0.1) is 20.8 Å². The van der Waals surface area contributed by atoms with Crippen molar-refractivity contribution in [2.75, 3.05) is 5.32 Å². The van der Waals surface area contributed by atoms with Gasteiger partial charge in [-0.15, -0.1) is 11.3 Å². The third-order valence-corrected chi connectivity index (χ3v) is 5.13. The van der Waals surface area contributed by atoms with Crippen LogP contribution in [0.5, 0.6) is 0 Å². The first-order valence-electron chi connectivity index (χ1n) is 8.36. The van der Waals surface area contributed by atoms with Gasteiger partial charge in [0.2, 0.25) is 11.1 Å². The Hall–Kier alpha value is -3.26. The number of hydrogen-bond donors (Lipinski definition) is 2. The average molecular weight is 379 g/mol. The maximum atomic E-state index is 13.0. The minimum atomic E-state index is -0.493. The molecule has 0 radical (unpaired) electrons. The fraction of sp³-hybridized carbons (Fsp3) is 0.158. The van der Waals surface area contributed by atoms with E-state index in [-0.39, 0.29) is 11.2 Å². The molecule has 0 saturated heterocycles. The molecule has 0 spiro atoms. The average Bonchev–Trinajstić information content (AvgIpc) is 3.18. The smallest absolute Gasteiger partial charge is 0.263 e. The van der Waals surface area contributed by atoms with Crippen molar-refractivity contribution in [3.05, 3.63) is 68.6 Å². The van der Waals surface area contributed by atoms with E-state index in [2.05, 4.69) is 20.4 Å². The van der Waals surface area contributed by atoms with Crippen LogP contribution in [0.25, 0.3) is 16.9 Å². The van der Waals surface area contributed by atoms with Crippen molar-refractivity contribution in [2.45, 2.75) is 20.8 Å². The summed E-state index contributed by atoms with van der Waals surface area (Å²) in [6, 6.07) is 9.69. The summed E-state index contributed by atoms with van der Waals surface area (Å²) in [6.07, 6.45) is 0. The number of nitrogens with zero attached hydrogens (tertiary/aromatic N) is 3. The van der Waals surface area contributed by atoms with Gasteiger partial charge in [0.15, 0.2) is 5.13 Å². The van der Waals surface area contributed by atoms with Crippen molar-refractivity contribution in [2.24, 2.45) is 0 Å². The zero-order chi connectivity index (χ0) is 19.1. The summed E-state index contributed by atoms with van der Waals surface area (Å²) in [5.41, 5.74) is 3.55. The Morgan fingerprint density at radius 1 is 1.15 bits per heavy atom. The number of rotatable bonds is 3. The summed E-state index contributed by atoms with van der Waals surface area (Å²) in [7, 11) is 0. The second-order valence-electron chi connectivity index (χ2n) is 6.26. The molecule has 1 amide bonds. The highest BCUT2D eigenvalue weighted by Gasteiger charge is 2.22. The molecule has 4 aromatic rings. The summed E-state index contributed by atoms with van der Waals surface area (Å²) >= 11 is 1.32. The van der Waals surface area contributed by atoms with Crippen LogP contribution >= 0.6 is 11.3 Å². The van der Waals surface area contributed by atoms with E-state index in [1.54, 1.807) is 11.4 Å². The fourth-order valence-corrected chi connectivity index (χ4v) is 3.76. The SMILES string of the molecule is Cc1csc(NC(=O)c2c(C)[nH]n3c(-c4ccccc4)c(C)nc3c2=O)n1. The Morgan fingerprint density at radius 3 is 2.56 bits per heavy atom. The Kier molecular flexibility index (Phi) is 4.12. The Bertz CT molecular complexity index is 1220. The molecule has 0 bridgehead atoms. The van der Waals surface area contributed by atoms with Gasteiger partial charge in [0.25, 0.3) is 5.91 Å². The summed E-state index contributed by atoms with van der Waals surface area (Å²) in [4.78, 5) is 34.3. The molecule has 27 heavy (non-hydrogen) atoms. The number of benzene rings is 1. The molecule has 0 aliphatic rings. The van der Waals surface area contributed by atoms with Gasteiger partial charge in [0.05, 0.1) is 17.1 Å². The third-order valence-electron chi connectivity index (χ3n) is 4.25. The topological polar surface area (TPSA) is 92.1 Å². The molecular weight excluding hydrogens is 362 g/mol. The number of aromatic nitrogens is 4. The van der Waals surface area contributed by atoms with Gasteiger partial charge in [-0.3, -0.25) is 20.0 Å². The lowest BCUT2D eigenvalue weighted by Crippen LogP contribution is -2.26. The van der Waals surface area contributed by atoms with E-state index >= 15 is 0 Å². The number of anilines is 1. The molecule has 0 aliphatic heterocycles. The number of nitrogens with one attached hydrogen (secondary N) is 2. The van der Waals surface area contributed by atoms with Crippen LogP contribution in [-0.4, -0.2) is 25.5 Å². The van der Waals surface area contributed by atoms with Crippen molar-refractivity contribution in [1.29, 1.82) is 0 Å². The van der Waals surface area contributed by atoms with Crippen molar-refractivity contribution < 1.29 is 4.79 Å². The van der Waals surface area contributed by atoms with Gasteiger partial charge < -0.3 is 0 Å². The second kappa shape index (κ2) is 6.48. The number of hydrogen-bond acceptors (Lipinski definition) is 5. The minimum absolute atomic E-state index is 0.0416. The maximum absolute atomic E-state index is 13.0. The van der Waals surface area contributed by atoms with Crippen LogP contribution in [-0.2, 0) is 0 Å². The summed E-state index contributed by atoms with van der Waals surface area (Å²) in [5.74, 6) is -0.493. The monoisotopic (exact) mass is 379 g/mol. The largest absolute Gasteiger partial charge is 0.298 e. The van der Waals surface area contributed by atoms with Crippen molar-refractivity contribution in [1.82, 2.24) is 19.6 Å². The third kappa shape index (κ3) is 2.93. The number of aryl methyl sites for hydroxylation is 3. The Labute approximate surface area is 158 Å². The Morgan fingerprint density at radius 2 is 1.89 bits per heavy atom. The molecule has 0 aliphatic carbocycles. The van der Waals surface area contributed by atoms with Crippen molar-refractivity contribution in [3.63, 3.8) is 0 Å². The highest BCUT2D eigenvalue weighted by atomic mass is 32.1. The molecule has 7 nitrogen and oxygen atoms in total. The standard InChI is InChI=1S/C19H17N5O2S/c1-10-9-27-19(20-10)22-18(26)14-11(2)23-24-15(13-7-5-4-6-8-13)12(3)21-17(24)16(14)25/h4-9,23H,1-3H3,(H,20,22,26). The van der Waals surface area contributed by atoms with E-state index in [1.165, 1.54) is 11.3 Å². The van der Waals surface area contributed by atoms with E-state index in [9.17, 15) is 9.59 Å². The number of amides is 1. The highest BCUT2D eigenvalue weighted by molar-refractivity contribution is 7.13. The van der Waals surface area contributed by atoms with Crippen LogP contribution in [0.2, 0.25) is 0 Å². The predicted octanol–water partition coefficient (Wildman–Crippen LogP) is 3.32. The van der Waals surface area contributed by atoms with Crippen LogP contribution in [0.15, 0.2) is 40.5 Å². The van der Waals surface area contributed by atoms with Gasteiger partial charge in [0.1, 0.15) is 5.56 Å². The maximum Gasteiger partial charge on any atom is 0.263 e. The molecular formula is C19H17N5O2S. The normalized spacial score (nSPS) is 11.1. The lowest BCUT2D eigenvalue weighted by molar-refractivity contribution is 0.102. The number of H-pyrrole nitrogens is 1. The van der Waals surface area contributed by atoms with Crippen molar-refractivity contribution >= 4 is 28.0 Å². The fourth-order valence-electron chi connectivity index (χ4n) is 3.07. The molecule has 2 N–H and O–H groups in total. The molecule has 0 unspecified atom stereocenters. The van der Waals surface area contributed by atoms with Gasteiger partial charge in [-0.2, -0.15) is 0 Å². The zero-order valence-electron chi connectivity index (χ0n) is 15.0. The highest BCUT2D eigenvalue weighted by Crippen LogP contribution is 2.23. The van der Waals surface area contributed by atoms with Gasteiger partial charge in [-0.1, -0.05) is 30.3 Å². The number of carbonyl (C=O) groups is 1. The summed E-state index contributed by atoms with van der Waals surface area (Å²) < 4.78 is 1.65. The van der Waals surface area contributed by atoms with Crippen LogP contribution in [0.3, 0.4) is 0 Å². The lowest BCUT2D eigenvalue weighted by Gasteiger charge is -2.08. The van der Waals surface area contributed by atoms with E-state index in [0.29, 0.717) is 16.5 Å². The first kappa shape index (κ1) is 17.2. The van der Waals surface area contributed by atoms with Crippen LogP contribution < -0.4 is 10.7 Å². The van der Waals surface area contributed by atoms with Gasteiger partial charge >= 0.3 is 0 Å². The number of carbonyl (C=O) groups excluding carboxylic acids is 1. The van der Waals surface area contributed by atoms with Crippen LogP contribution in [0.4, 0.5) is 5.13 Å². The number of fused-ring (bicyclic) bond motifs is 1. The lowest BCUT2D eigenvalue weighted by atomic mass is 10.1. The molecule has 0 atom stereocenters. The summed E-state index contributed by atoms with van der Waals surface area (Å²) in [5, 5.41) is 8.12. The molecule has 1 aromatic carbocycles. The van der Waals surface area contributed by atoms with Gasteiger partial charge in [-0.25, -0.2) is 14.5 Å².